The van der Waals surface area contributed by atoms with Crippen LogP contribution in [0.15, 0.2) is 42.5 Å². The van der Waals surface area contributed by atoms with Crippen molar-refractivity contribution in [3.63, 3.8) is 0 Å². The summed E-state index contributed by atoms with van der Waals surface area (Å²) in [6.07, 6.45) is 0. The first kappa shape index (κ1) is 14.0. The van der Waals surface area contributed by atoms with E-state index in [1.165, 1.54) is 22.1 Å². The van der Waals surface area contributed by atoms with Gasteiger partial charge in [-0.15, -0.1) is 0 Å². The molecule has 1 aliphatic heterocycles. The van der Waals surface area contributed by atoms with Crippen LogP contribution in [-0.2, 0) is 11.3 Å². The van der Waals surface area contributed by atoms with Crippen molar-refractivity contribution in [3.8, 4) is 11.1 Å². The van der Waals surface area contributed by atoms with E-state index in [2.05, 4.69) is 39.0 Å². The molecule has 0 radical (unpaired) electrons. The van der Waals surface area contributed by atoms with Gasteiger partial charge in [-0.3, -0.25) is 0 Å². The SMILES string of the molecule is Cc1cc(C)c2c(-c3ccccc3)c3c(cc2c1C)C(=O)OC3. The predicted octanol–water partition coefficient (Wildman–Crippen LogP) is 5.10. The van der Waals surface area contributed by atoms with Gasteiger partial charge < -0.3 is 4.74 Å². The lowest BCUT2D eigenvalue weighted by atomic mass is 9.86. The number of hydrogen-bond donors (Lipinski definition) is 0. The van der Waals surface area contributed by atoms with Gasteiger partial charge in [-0.2, -0.15) is 0 Å². The fraction of sp³-hybridized carbons (Fsp3) is 0.190. The second kappa shape index (κ2) is 4.95. The van der Waals surface area contributed by atoms with Gasteiger partial charge in [0.05, 0.1) is 5.56 Å². The van der Waals surface area contributed by atoms with Crippen LogP contribution in [0.4, 0.5) is 0 Å². The number of benzene rings is 3. The molecule has 0 saturated carbocycles. The third-order valence-corrected chi connectivity index (χ3v) is 4.89. The van der Waals surface area contributed by atoms with Crippen LogP contribution < -0.4 is 0 Å². The summed E-state index contributed by atoms with van der Waals surface area (Å²) in [5.41, 5.74) is 7.72. The summed E-state index contributed by atoms with van der Waals surface area (Å²) < 4.78 is 5.33. The van der Waals surface area contributed by atoms with E-state index in [-0.39, 0.29) is 5.97 Å². The van der Waals surface area contributed by atoms with Gasteiger partial charge >= 0.3 is 5.97 Å². The standard InChI is InChI=1S/C21H18O2/c1-12-9-13(2)19-16(14(12)3)10-17-18(11-23-21(17)22)20(19)15-7-5-4-6-8-15/h4-10H,11H2,1-3H3. The summed E-state index contributed by atoms with van der Waals surface area (Å²) in [6.45, 7) is 6.75. The van der Waals surface area contributed by atoms with Gasteiger partial charge in [0.15, 0.2) is 0 Å². The molecule has 0 aliphatic carbocycles. The van der Waals surface area contributed by atoms with Crippen LogP contribution in [0.5, 0.6) is 0 Å². The summed E-state index contributed by atoms with van der Waals surface area (Å²) >= 11 is 0. The lowest BCUT2D eigenvalue weighted by Gasteiger charge is -2.17. The van der Waals surface area contributed by atoms with Gasteiger partial charge in [0, 0.05) is 5.56 Å². The molecule has 0 aromatic heterocycles. The highest BCUT2D eigenvalue weighted by Gasteiger charge is 2.27. The number of ether oxygens (including phenoxy) is 1. The maximum atomic E-state index is 12.2. The Kier molecular flexibility index (Phi) is 3.02. The zero-order chi connectivity index (χ0) is 16.1. The highest BCUT2D eigenvalue weighted by Crippen LogP contribution is 2.41. The third-order valence-electron chi connectivity index (χ3n) is 4.89. The molecule has 114 valence electrons. The van der Waals surface area contributed by atoms with Gasteiger partial charge in [-0.1, -0.05) is 36.4 Å². The fourth-order valence-corrected chi connectivity index (χ4v) is 3.62. The topological polar surface area (TPSA) is 26.3 Å². The van der Waals surface area contributed by atoms with E-state index in [0.29, 0.717) is 12.2 Å². The molecular formula is C21H18O2. The Morgan fingerprint density at radius 3 is 2.43 bits per heavy atom. The van der Waals surface area contributed by atoms with Gasteiger partial charge in [0.25, 0.3) is 0 Å². The highest BCUT2D eigenvalue weighted by atomic mass is 16.5. The van der Waals surface area contributed by atoms with E-state index in [1.807, 2.05) is 24.3 Å². The second-order valence-corrected chi connectivity index (χ2v) is 6.28. The van der Waals surface area contributed by atoms with E-state index >= 15 is 0 Å². The molecule has 4 rings (SSSR count). The van der Waals surface area contributed by atoms with Crippen LogP contribution >= 0.6 is 0 Å². The van der Waals surface area contributed by atoms with Crippen molar-refractivity contribution < 1.29 is 9.53 Å². The molecule has 2 nitrogen and oxygen atoms in total. The Labute approximate surface area is 135 Å². The number of carbonyl (C=O) groups excluding carboxylic acids is 1. The number of fused-ring (bicyclic) bond motifs is 2. The van der Waals surface area contributed by atoms with Crippen molar-refractivity contribution in [2.75, 3.05) is 0 Å². The molecule has 1 aliphatic rings. The monoisotopic (exact) mass is 302 g/mol. The second-order valence-electron chi connectivity index (χ2n) is 6.28. The predicted molar refractivity (Wildman–Crippen MR) is 92.7 cm³/mol. The normalized spacial score (nSPS) is 13.3. The lowest BCUT2D eigenvalue weighted by Crippen LogP contribution is -1.99. The molecule has 0 atom stereocenters. The molecule has 0 N–H and O–H groups in total. The maximum Gasteiger partial charge on any atom is 0.338 e. The number of cyclic esters (lactones) is 1. The van der Waals surface area contributed by atoms with Crippen LogP contribution in [0.2, 0.25) is 0 Å². The molecule has 0 bridgehead atoms. The lowest BCUT2D eigenvalue weighted by molar-refractivity contribution is 0.0535. The molecule has 0 fully saturated rings. The molecule has 0 spiro atoms. The van der Waals surface area contributed by atoms with Crippen molar-refractivity contribution in [2.45, 2.75) is 27.4 Å². The summed E-state index contributed by atoms with van der Waals surface area (Å²) in [7, 11) is 0. The van der Waals surface area contributed by atoms with Crippen LogP contribution in [0.3, 0.4) is 0 Å². The average Bonchev–Trinajstić information content (AvgIpc) is 2.93. The summed E-state index contributed by atoms with van der Waals surface area (Å²) in [6, 6.07) is 14.5. The average molecular weight is 302 g/mol. The van der Waals surface area contributed by atoms with E-state index in [9.17, 15) is 4.79 Å². The van der Waals surface area contributed by atoms with E-state index in [0.717, 1.165) is 22.1 Å². The zero-order valence-electron chi connectivity index (χ0n) is 13.6. The molecule has 3 aromatic carbocycles. The minimum Gasteiger partial charge on any atom is -0.457 e. The molecule has 3 aromatic rings. The highest BCUT2D eigenvalue weighted by molar-refractivity contribution is 6.09. The van der Waals surface area contributed by atoms with E-state index in [4.69, 9.17) is 4.74 Å². The summed E-state index contributed by atoms with van der Waals surface area (Å²) in [5, 5.41) is 2.38. The smallest absolute Gasteiger partial charge is 0.338 e. The largest absolute Gasteiger partial charge is 0.457 e. The quantitative estimate of drug-likeness (QED) is 0.584. The number of hydrogen-bond acceptors (Lipinski definition) is 2. The molecule has 2 heteroatoms. The summed E-state index contributed by atoms with van der Waals surface area (Å²) in [5.74, 6) is -0.211. The van der Waals surface area contributed by atoms with Crippen molar-refractivity contribution in [3.05, 3.63) is 70.3 Å². The number of rotatable bonds is 1. The Morgan fingerprint density at radius 2 is 1.70 bits per heavy atom. The number of esters is 1. The Balaban J connectivity index is 2.23. The molecule has 0 saturated heterocycles. The zero-order valence-corrected chi connectivity index (χ0v) is 13.6. The van der Waals surface area contributed by atoms with Crippen LogP contribution in [0.1, 0.15) is 32.6 Å². The first-order valence-corrected chi connectivity index (χ1v) is 7.87. The van der Waals surface area contributed by atoms with E-state index < -0.39 is 0 Å². The van der Waals surface area contributed by atoms with Crippen LogP contribution in [0.25, 0.3) is 21.9 Å². The Hall–Kier alpha value is -2.61. The number of carbonyl (C=O) groups is 1. The Bertz CT molecular complexity index is 953. The molecule has 0 amide bonds. The van der Waals surface area contributed by atoms with Gasteiger partial charge in [-0.25, -0.2) is 4.79 Å². The van der Waals surface area contributed by atoms with Gasteiger partial charge in [0.2, 0.25) is 0 Å². The Morgan fingerprint density at radius 1 is 0.957 bits per heavy atom. The maximum absolute atomic E-state index is 12.2. The number of aryl methyl sites for hydroxylation is 3. The molecule has 23 heavy (non-hydrogen) atoms. The van der Waals surface area contributed by atoms with Gasteiger partial charge in [-0.05, 0) is 65.4 Å². The third kappa shape index (κ3) is 1.98. The minimum atomic E-state index is -0.211. The van der Waals surface area contributed by atoms with Crippen molar-refractivity contribution in [1.29, 1.82) is 0 Å². The first-order chi connectivity index (χ1) is 11.1. The minimum absolute atomic E-state index is 0.211. The van der Waals surface area contributed by atoms with Crippen LogP contribution in [-0.4, -0.2) is 5.97 Å². The van der Waals surface area contributed by atoms with Crippen molar-refractivity contribution in [2.24, 2.45) is 0 Å². The first-order valence-electron chi connectivity index (χ1n) is 7.87. The summed E-state index contributed by atoms with van der Waals surface area (Å²) in [4.78, 5) is 12.2. The molecule has 1 heterocycles. The molecule has 0 unspecified atom stereocenters. The van der Waals surface area contributed by atoms with Crippen LogP contribution in [0, 0.1) is 20.8 Å². The van der Waals surface area contributed by atoms with Gasteiger partial charge in [0.1, 0.15) is 6.61 Å². The van der Waals surface area contributed by atoms with Crippen molar-refractivity contribution in [1.82, 2.24) is 0 Å². The van der Waals surface area contributed by atoms with Crippen molar-refractivity contribution >= 4 is 16.7 Å². The molecular weight excluding hydrogens is 284 g/mol. The van der Waals surface area contributed by atoms with E-state index in [1.54, 1.807) is 0 Å². The fourth-order valence-electron chi connectivity index (χ4n) is 3.62.